The van der Waals surface area contributed by atoms with E-state index < -0.39 is 0 Å². The number of hydrogen-bond acceptors (Lipinski definition) is 1. The largest absolute Gasteiger partial charge is 0.490 e. The van der Waals surface area contributed by atoms with Crippen LogP contribution >= 0.6 is 0 Å². The highest BCUT2D eigenvalue weighted by atomic mass is 16.5. The van der Waals surface area contributed by atoms with Gasteiger partial charge in [0.15, 0.2) is 0 Å². The Balaban J connectivity index is 1.84. The molecule has 0 aliphatic heterocycles. The lowest BCUT2D eigenvalue weighted by Crippen LogP contribution is -2.40. The smallest absolute Gasteiger partial charge is 0.119 e. The van der Waals surface area contributed by atoms with Gasteiger partial charge in [-0.2, -0.15) is 0 Å². The summed E-state index contributed by atoms with van der Waals surface area (Å²) in [6.07, 6.45) is 2.85. The Bertz CT molecular complexity index is 339. The molecule has 0 aromatic heterocycles. The fraction of sp³-hybridized carbons (Fsp3) is 0.600. The molecule has 2 rings (SSSR count). The summed E-state index contributed by atoms with van der Waals surface area (Å²) in [5.74, 6) is 1.84. The summed E-state index contributed by atoms with van der Waals surface area (Å²) >= 11 is 0. The lowest BCUT2D eigenvalue weighted by molar-refractivity contribution is 0.00732. The van der Waals surface area contributed by atoms with Crippen LogP contribution in [0.2, 0.25) is 0 Å². The van der Waals surface area contributed by atoms with Gasteiger partial charge in [-0.3, -0.25) is 0 Å². The van der Waals surface area contributed by atoms with E-state index in [4.69, 9.17) is 4.74 Å². The summed E-state index contributed by atoms with van der Waals surface area (Å²) in [7, 11) is 0. The van der Waals surface area contributed by atoms with E-state index in [-0.39, 0.29) is 0 Å². The maximum Gasteiger partial charge on any atom is 0.119 e. The number of rotatable bonds is 2. The van der Waals surface area contributed by atoms with Crippen molar-refractivity contribution in [1.82, 2.24) is 0 Å². The number of benzene rings is 1. The maximum atomic E-state index is 5.93. The van der Waals surface area contributed by atoms with Gasteiger partial charge in [-0.1, -0.05) is 38.5 Å². The van der Waals surface area contributed by atoms with Crippen molar-refractivity contribution in [3.8, 4) is 5.75 Å². The summed E-state index contributed by atoms with van der Waals surface area (Å²) in [6.45, 7) is 9.06. The zero-order valence-electron chi connectivity index (χ0n) is 10.8. The van der Waals surface area contributed by atoms with Crippen molar-refractivity contribution < 1.29 is 4.74 Å². The molecule has 1 fully saturated rings. The minimum absolute atomic E-state index is 0.437. The summed E-state index contributed by atoms with van der Waals surface area (Å²) in [6, 6.07) is 8.35. The van der Waals surface area contributed by atoms with Gasteiger partial charge in [0.25, 0.3) is 0 Å². The van der Waals surface area contributed by atoms with Gasteiger partial charge < -0.3 is 4.74 Å². The molecule has 0 saturated heterocycles. The van der Waals surface area contributed by atoms with Crippen LogP contribution in [0.1, 0.15) is 39.2 Å². The molecule has 16 heavy (non-hydrogen) atoms. The molecule has 1 aromatic carbocycles. The van der Waals surface area contributed by atoms with Crippen LogP contribution in [-0.4, -0.2) is 6.10 Å². The number of aryl methyl sites for hydroxylation is 1. The number of ether oxygens (including phenoxy) is 1. The van der Waals surface area contributed by atoms with Crippen molar-refractivity contribution in [2.75, 3.05) is 0 Å². The quantitative estimate of drug-likeness (QED) is 0.723. The van der Waals surface area contributed by atoms with Crippen molar-refractivity contribution >= 4 is 0 Å². The Hall–Kier alpha value is -0.980. The molecule has 1 aliphatic rings. The predicted octanol–water partition coefficient (Wildman–Crippen LogP) is 4.20. The fourth-order valence-electron chi connectivity index (χ4n) is 2.18. The van der Waals surface area contributed by atoms with E-state index in [1.807, 2.05) is 0 Å². The van der Waals surface area contributed by atoms with Gasteiger partial charge in [-0.25, -0.2) is 0 Å². The lowest BCUT2D eigenvalue weighted by Gasteiger charge is -2.43. The Kier molecular flexibility index (Phi) is 2.96. The zero-order valence-corrected chi connectivity index (χ0v) is 10.8. The van der Waals surface area contributed by atoms with E-state index in [1.165, 1.54) is 18.4 Å². The molecule has 0 bridgehead atoms. The van der Waals surface area contributed by atoms with E-state index in [9.17, 15) is 0 Å². The monoisotopic (exact) mass is 218 g/mol. The normalized spacial score (nSPS) is 25.0. The van der Waals surface area contributed by atoms with Gasteiger partial charge in [-0.05, 0) is 43.2 Å². The van der Waals surface area contributed by atoms with Crippen LogP contribution in [0.15, 0.2) is 24.3 Å². The van der Waals surface area contributed by atoms with Crippen LogP contribution < -0.4 is 4.74 Å². The first-order valence-electron chi connectivity index (χ1n) is 6.18. The zero-order chi connectivity index (χ0) is 11.8. The van der Waals surface area contributed by atoms with Crippen LogP contribution in [0.3, 0.4) is 0 Å². The lowest BCUT2D eigenvalue weighted by atomic mass is 9.67. The first kappa shape index (κ1) is 11.5. The molecule has 0 radical (unpaired) electrons. The Morgan fingerprint density at radius 2 is 1.62 bits per heavy atom. The van der Waals surface area contributed by atoms with Gasteiger partial charge in [0.1, 0.15) is 5.75 Å². The minimum atomic E-state index is 0.437. The third-order valence-corrected chi connectivity index (χ3v) is 3.64. The Labute approximate surface area is 98.8 Å². The average Bonchev–Trinajstić information content (AvgIpc) is 2.11. The van der Waals surface area contributed by atoms with Crippen LogP contribution in [-0.2, 0) is 0 Å². The number of hydrogen-bond donors (Lipinski definition) is 0. The molecule has 0 spiro atoms. The molecule has 0 amide bonds. The van der Waals surface area contributed by atoms with Crippen molar-refractivity contribution in [3.05, 3.63) is 29.8 Å². The van der Waals surface area contributed by atoms with E-state index in [0.717, 1.165) is 11.7 Å². The summed E-state index contributed by atoms with van der Waals surface area (Å²) < 4.78 is 5.93. The molecule has 1 aromatic rings. The van der Waals surface area contributed by atoms with Gasteiger partial charge in [0.2, 0.25) is 0 Å². The van der Waals surface area contributed by atoms with E-state index >= 15 is 0 Å². The van der Waals surface area contributed by atoms with Crippen LogP contribution in [0, 0.1) is 18.3 Å². The molecule has 0 unspecified atom stereocenters. The first-order chi connectivity index (χ1) is 7.45. The topological polar surface area (TPSA) is 9.23 Å². The second-order valence-electron chi connectivity index (χ2n) is 6.09. The van der Waals surface area contributed by atoms with Crippen LogP contribution in [0.5, 0.6) is 5.75 Å². The maximum absolute atomic E-state index is 5.93. The third-order valence-electron chi connectivity index (χ3n) is 3.64. The molecule has 88 valence electrons. The van der Waals surface area contributed by atoms with E-state index in [0.29, 0.717) is 11.5 Å². The standard InChI is InChI=1S/C15H22O/c1-11-5-7-13(8-6-11)16-14-9-12(10-14)15(2,3)4/h5-8,12,14H,9-10H2,1-4H3. The van der Waals surface area contributed by atoms with Crippen molar-refractivity contribution in [1.29, 1.82) is 0 Å². The molecular formula is C15H22O. The minimum Gasteiger partial charge on any atom is -0.490 e. The van der Waals surface area contributed by atoms with Gasteiger partial charge in [-0.15, -0.1) is 0 Å². The highest BCUT2D eigenvalue weighted by Crippen LogP contribution is 2.42. The van der Waals surface area contributed by atoms with Gasteiger partial charge in [0, 0.05) is 0 Å². The molecule has 1 saturated carbocycles. The van der Waals surface area contributed by atoms with Gasteiger partial charge in [0.05, 0.1) is 6.10 Å². The summed E-state index contributed by atoms with van der Waals surface area (Å²) in [5.41, 5.74) is 1.72. The highest BCUT2D eigenvalue weighted by molar-refractivity contribution is 5.26. The molecular weight excluding hydrogens is 196 g/mol. The molecule has 1 aliphatic carbocycles. The second-order valence-corrected chi connectivity index (χ2v) is 6.09. The third kappa shape index (κ3) is 2.58. The van der Waals surface area contributed by atoms with Crippen molar-refractivity contribution in [3.63, 3.8) is 0 Å². The second kappa shape index (κ2) is 4.12. The fourth-order valence-corrected chi connectivity index (χ4v) is 2.18. The Morgan fingerprint density at radius 1 is 1.06 bits per heavy atom. The Morgan fingerprint density at radius 3 is 2.12 bits per heavy atom. The molecule has 1 nitrogen and oxygen atoms in total. The summed E-state index contributed by atoms with van der Waals surface area (Å²) in [5, 5.41) is 0. The molecule has 0 atom stereocenters. The van der Waals surface area contributed by atoms with E-state index in [2.05, 4.69) is 52.0 Å². The molecule has 0 N–H and O–H groups in total. The van der Waals surface area contributed by atoms with Crippen molar-refractivity contribution in [2.45, 2.75) is 46.6 Å². The predicted molar refractivity (Wildman–Crippen MR) is 67.8 cm³/mol. The average molecular weight is 218 g/mol. The highest BCUT2D eigenvalue weighted by Gasteiger charge is 2.38. The molecule has 1 heteroatoms. The SMILES string of the molecule is Cc1ccc(OC2CC(C(C)(C)C)C2)cc1. The van der Waals surface area contributed by atoms with Crippen LogP contribution in [0.4, 0.5) is 0 Å². The van der Waals surface area contributed by atoms with Crippen LogP contribution in [0.25, 0.3) is 0 Å². The van der Waals surface area contributed by atoms with Crippen molar-refractivity contribution in [2.24, 2.45) is 11.3 Å². The molecule has 0 heterocycles. The van der Waals surface area contributed by atoms with Gasteiger partial charge >= 0.3 is 0 Å². The summed E-state index contributed by atoms with van der Waals surface area (Å²) in [4.78, 5) is 0. The first-order valence-corrected chi connectivity index (χ1v) is 6.18. The van der Waals surface area contributed by atoms with E-state index in [1.54, 1.807) is 0 Å².